The van der Waals surface area contributed by atoms with Crippen molar-refractivity contribution in [2.24, 2.45) is 5.92 Å². The van der Waals surface area contributed by atoms with Gasteiger partial charge in [-0.15, -0.1) is 11.3 Å². The van der Waals surface area contributed by atoms with Crippen molar-refractivity contribution in [1.82, 2.24) is 10.3 Å². The van der Waals surface area contributed by atoms with Crippen LogP contribution in [-0.2, 0) is 16.1 Å². The average Bonchev–Trinajstić information content (AvgIpc) is 3.20. The molecule has 1 amide bonds. The summed E-state index contributed by atoms with van der Waals surface area (Å²) in [5, 5.41) is 5.78. The van der Waals surface area contributed by atoms with Crippen molar-refractivity contribution in [3.05, 3.63) is 76.3 Å². The molecule has 1 aromatic heterocycles. The van der Waals surface area contributed by atoms with Crippen molar-refractivity contribution < 1.29 is 14.3 Å². The molecule has 0 aliphatic heterocycles. The van der Waals surface area contributed by atoms with E-state index in [0.717, 1.165) is 10.6 Å². The van der Waals surface area contributed by atoms with E-state index in [9.17, 15) is 9.59 Å². The molecule has 150 valence electrons. The van der Waals surface area contributed by atoms with Crippen LogP contribution in [0.3, 0.4) is 0 Å². The number of hydrogen-bond donors (Lipinski definition) is 1. The Bertz CT molecular complexity index is 988. The molecule has 0 aliphatic carbocycles. The first-order valence-electron chi connectivity index (χ1n) is 9.17. The van der Waals surface area contributed by atoms with Crippen molar-refractivity contribution >= 4 is 34.8 Å². The fraction of sp³-hybridized carbons (Fsp3) is 0.227. The zero-order valence-electron chi connectivity index (χ0n) is 16.1. The Labute approximate surface area is 178 Å². The van der Waals surface area contributed by atoms with Gasteiger partial charge >= 0.3 is 5.97 Å². The molecule has 0 saturated heterocycles. The number of carbonyl (C=O) groups excluding carboxylic acids is 2. The average molecular weight is 429 g/mol. The van der Waals surface area contributed by atoms with Crippen LogP contribution in [0.5, 0.6) is 0 Å². The molecule has 1 heterocycles. The number of thiazole rings is 1. The minimum atomic E-state index is -0.786. The Morgan fingerprint density at radius 3 is 2.48 bits per heavy atom. The Kier molecular flexibility index (Phi) is 7.01. The highest BCUT2D eigenvalue weighted by Gasteiger charge is 2.27. The first-order chi connectivity index (χ1) is 14.0. The van der Waals surface area contributed by atoms with Gasteiger partial charge in [-0.05, 0) is 18.1 Å². The molecule has 1 N–H and O–H groups in total. The smallest absolute Gasteiger partial charge is 0.329 e. The molecule has 1 unspecified atom stereocenters. The van der Waals surface area contributed by atoms with E-state index in [4.69, 9.17) is 16.3 Å². The molecule has 5 nitrogen and oxygen atoms in total. The van der Waals surface area contributed by atoms with Crippen LogP contribution in [0.1, 0.15) is 29.9 Å². The summed E-state index contributed by atoms with van der Waals surface area (Å²) < 4.78 is 5.43. The Balaban J connectivity index is 1.62. The maximum Gasteiger partial charge on any atom is 0.329 e. The lowest BCUT2D eigenvalue weighted by Crippen LogP contribution is -2.45. The molecule has 29 heavy (non-hydrogen) atoms. The molecule has 1 atom stereocenters. The Morgan fingerprint density at radius 2 is 1.79 bits per heavy atom. The summed E-state index contributed by atoms with van der Waals surface area (Å²) in [5.41, 5.74) is 2.00. The quantitative estimate of drug-likeness (QED) is 0.540. The molecule has 0 bridgehead atoms. The second-order valence-corrected chi connectivity index (χ2v) is 8.06. The summed E-state index contributed by atoms with van der Waals surface area (Å²) in [6.07, 6.45) is 0. The van der Waals surface area contributed by atoms with Crippen LogP contribution in [0, 0.1) is 5.92 Å². The van der Waals surface area contributed by atoms with E-state index >= 15 is 0 Å². The van der Waals surface area contributed by atoms with E-state index in [-0.39, 0.29) is 12.5 Å². The maximum atomic E-state index is 12.6. The lowest BCUT2D eigenvalue weighted by molar-refractivity contribution is -0.148. The van der Waals surface area contributed by atoms with E-state index in [2.05, 4.69) is 10.3 Å². The fourth-order valence-electron chi connectivity index (χ4n) is 2.68. The number of amides is 1. The minimum absolute atomic E-state index is 0.0490. The van der Waals surface area contributed by atoms with E-state index < -0.39 is 17.9 Å². The van der Waals surface area contributed by atoms with Crippen molar-refractivity contribution in [1.29, 1.82) is 0 Å². The first kappa shape index (κ1) is 21.0. The van der Waals surface area contributed by atoms with Crippen molar-refractivity contribution in [2.75, 3.05) is 0 Å². The molecule has 0 spiro atoms. The summed E-state index contributed by atoms with van der Waals surface area (Å²) in [5.74, 6) is -1.06. The SMILES string of the molecule is CC(C)C(NC(=O)c1ccccc1Cl)C(=O)OCc1csc(-c2ccccc2)n1. The van der Waals surface area contributed by atoms with Crippen LogP contribution in [0.4, 0.5) is 0 Å². The fourth-order valence-corrected chi connectivity index (χ4v) is 3.72. The molecule has 0 aliphatic rings. The van der Waals surface area contributed by atoms with Gasteiger partial charge in [0.1, 0.15) is 17.7 Å². The normalized spacial score (nSPS) is 11.9. The molecule has 3 rings (SSSR count). The van der Waals surface area contributed by atoms with Gasteiger partial charge in [-0.1, -0.05) is 67.9 Å². The number of halogens is 1. The van der Waals surface area contributed by atoms with Crippen molar-refractivity contribution in [2.45, 2.75) is 26.5 Å². The van der Waals surface area contributed by atoms with E-state index in [1.54, 1.807) is 24.3 Å². The second kappa shape index (κ2) is 9.67. The molecule has 0 fully saturated rings. The zero-order chi connectivity index (χ0) is 20.8. The number of hydrogen-bond acceptors (Lipinski definition) is 5. The van der Waals surface area contributed by atoms with Gasteiger partial charge in [-0.25, -0.2) is 9.78 Å². The number of esters is 1. The van der Waals surface area contributed by atoms with Gasteiger partial charge < -0.3 is 10.1 Å². The number of nitrogens with one attached hydrogen (secondary N) is 1. The molecule has 3 aromatic rings. The predicted molar refractivity (Wildman–Crippen MR) is 115 cm³/mol. The van der Waals surface area contributed by atoms with Crippen LogP contribution in [0.25, 0.3) is 10.6 Å². The highest BCUT2D eigenvalue weighted by molar-refractivity contribution is 7.13. The first-order valence-corrected chi connectivity index (χ1v) is 10.4. The summed E-state index contributed by atoms with van der Waals surface area (Å²) in [6.45, 7) is 3.73. The van der Waals surface area contributed by atoms with Crippen LogP contribution in [0.15, 0.2) is 60.0 Å². The largest absolute Gasteiger partial charge is 0.458 e. The molecule has 0 saturated carbocycles. The standard InChI is InChI=1S/C22H21ClN2O3S/c1-14(2)19(25-20(26)17-10-6-7-11-18(17)23)22(27)28-12-16-13-29-21(24-16)15-8-4-3-5-9-15/h3-11,13-14,19H,12H2,1-2H3,(H,25,26). The van der Waals surface area contributed by atoms with Gasteiger partial charge in [0, 0.05) is 10.9 Å². The third-order valence-corrected chi connectivity index (χ3v) is 5.53. The highest BCUT2D eigenvalue weighted by atomic mass is 35.5. The minimum Gasteiger partial charge on any atom is -0.458 e. The number of nitrogens with zero attached hydrogens (tertiary/aromatic N) is 1. The third-order valence-electron chi connectivity index (χ3n) is 4.26. The van der Waals surface area contributed by atoms with Gasteiger partial charge in [0.05, 0.1) is 16.3 Å². The topological polar surface area (TPSA) is 68.3 Å². The van der Waals surface area contributed by atoms with E-state index in [1.807, 2.05) is 49.6 Å². The Morgan fingerprint density at radius 1 is 1.10 bits per heavy atom. The number of benzene rings is 2. The van der Waals surface area contributed by atoms with Gasteiger partial charge in [0.25, 0.3) is 5.91 Å². The van der Waals surface area contributed by atoms with Gasteiger partial charge in [-0.2, -0.15) is 0 Å². The molecular weight excluding hydrogens is 408 g/mol. The van der Waals surface area contributed by atoms with Crippen LogP contribution >= 0.6 is 22.9 Å². The lowest BCUT2D eigenvalue weighted by Gasteiger charge is -2.21. The molecular formula is C22H21ClN2O3S. The van der Waals surface area contributed by atoms with Gasteiger partial charge in [-0.3, -0.25) is 4.79 Å². The van der Waals surface area contributed by atoms with Gasteiger partial charge in [0.15, 0.2) is 0 Å². The predicted octanol–water partition coefficient (Wildman–Crippen LogP) is 4.96. The molecule has 0 radical (unpaired) electrons. The highest BCUT2D eigenvalue weighted by Crippen LogP contribution is 2.23. The van der Waals surface area contributed by atoms with Crippen molar-refractivity contribution in [3.8, 4) is 10.6 Å². The van der Waals surface area contributed by atoms with Crippen LogP contribution in [-0.4, -0.2) is 22.9 Å². The number of ether oxygens (including phenoxy) is 1. The van der Waals surface area contributed by atoms with Crippen molar-refractivity contribution in [3.63, 3.8) is 0 Å². The Hall–Kier alpha value is -2.70. The van der Waals surface area contributed by atoms with E-state index in [0.29, 0.717) is 16.3 Å². The number of aromatic nitrogens is 1. The zero-order valence-corrected chi connectivity index (χ0v) is 17.7. The summed E-state index contributed by atoms with van der Waals surface area (Å²) in [4.78, 5) is 29.6. The molecule has 2 aromatic carbocycles. The van der Waals surface area contributed by atoms with E-state index in [1.165, 1.54) is 11.3 Å². The van der Waals surface area contributed by atoms with Crippen LogP contribution < -0.4 is 5.32 Å². The lowest BCUT2D eigenvalue weighted by atomic mass is 10.0. The number of carbonyl (C=O) groups is 2. The van der Waals surface area contributed by atoms with Gasteiger partial charge in [0.2, 0.25) is 0 Å². The molecule has 7 heteroatoms. The monoisotopic (exact) mass is 428 g/mol. The van der Waals surface area contributed by atoms with Crippen LogP contribution in [0.2, 0.25) is 5.02 Å². The third kappa shape index (κ3) is 5.43. The second-order valence-electron chi connectivity index (χ2n) is 6.79. The summed E-state index contributed by atoms with van der Waals surface area (Å²) in [7, 11) is 0. The number of rotatable bonds is 7. The summed E-state index contributed by atoms with van der Waals surface area (Å²) >= 11 is 7.56. The maximum absolute atomic E-state index is 12.6. The summed E-state index contributed by atoms with van der Waals surface area (Å²) in [6, 6.07) is 15.7.